The van der Waals surface area contributed by atoms with Crippen LogP contribution in [0.5, 0.6) is 0 Å². The number of nitrogens with zero attached hydrogens (tertiary/aromatic N) is 2. The highest BCUT2D eigenvalue weighted by Crippen LogP contribution is 2.23. The molecule has 0 unspecified atom stereocenters. The van der Waals surface area contributed by atoms with Gasteiger partial charge in [0.2, 0.25) is 0 Å². The normalized spacial score (nSPS) is 13.7. The van der Waals surface area contributed by atoms with Gasteiger partial charge < -0.3 is 15.1 Å². The molecular formula is C24H21F2N3O2. The van der Waals surface area contributed by atoms with E-state index in [0.29, 0.717) is 48.7 Å². The molecular weight excluding hydrogens is 400 g/mol. The fourth-order valence-corrected chi connectivity index (χ4v) is 3.53. The standard InChI is InChI=1S/C24H21F2N3O2/c25-18-7-5-17(6-8-18)23(30)28-13-15-29(16-14-28)24(31)21-3-1-2-4-22(21)27-20-11-9-19(26)10-12-20/h1-12,27H,13-16H2. The van der Waals surface area contributed by atoms with Gasteiger partial charge in [-0.25, -0.2) is 8.78 Å². The number of halogens is 2. The van der Waals surface area contributed by atoms with Crippen LogP contribution < -0.4 is 5.32 Å². The number of hydrogen-bond donors (Lipinski definition) is 1. The van der Waals surface area contributed by atoms with Crippen molar-refractivity contribution in [2.45, 2.75) is 0 Å². The average molecular weight is 421 g/mol. The SMILES string of the molecule is O=C(c1ccc(F)cc1)N1CCN(C(=O)c2ccccc2Nc2ccc(F)cc2)CC1. The van der Waals surface area contributed by atoms with Gasteiger partial charge in [-0.3, -0.25) is 9.59 Å². The van der Waals surface area contributed by atoms with Gasteiger partial charge in [0.05, 0.1) is 11.3 Å². The van der Waals surface area contributed by atoms with Crippen molar-refractivity contribution in [3.63, 3.8) is 0 Å². The van der Waals surface area contributed by atoms with Crippen molar-refractivity contribution < 1.29 is 18.4 Å². The molecule has 1 saturated heterocycles. The van der Waals surface area contributed by atoms with E-state index < -0.39 is 0 Å². The van der Waals surface area contributed by atoms with E-state index in [2.05, 4.69) is 5.32 Å². The van der Waals surface area contributed by atoms with Crippen LogP contribution in [-0.4, -0.2) is 47.8 Å². The lowest BCUT2D eigenvalue weighted by Gasteiger charge is -2.35. The van der Waals surface area contributed by atoms with Gasteiger partial charge in [0.1, 0.15) is 11.6 Å². The van der Waals surface area contributed by atoms with Gasteiger partial charge in [-0.05, 0) is 60.7 Å². The number of anilines is 2. The van der Waals surface area contributed by atoms with Crippen LogP contribution in [0.1, 0.15) is 20.7 Å². The number of benzene rings is 3. The molecule has 1 heterocycles. The topological polar surface area (TPSA) is 52.7 Å². The molecule has 1 aliphatic rings. The highest BCUT2D eigenvalue weighted by Gasteiger charge is 2.26. The predicted molar refractivity (Wildman–Crippen MR) is 114 cm³/mol. The third kappa shape index (κ3) is 4.71. The number of piperazine rings is 1. The van der Waals surface area contributed by atoms with Crippen molar-refractivity contribution in [3.8, 4) is 0 Å². The third-order valence-electron chi connectivity index (χ3n) is 5.23. The molecule has 2 amide bonds. The summed E-state index contributed by atoms with van der Waals surface area (Å²) < 4.78 is 26.2. The van der Waals surface area contributed by atoms with Crippen LogP contribution in [0, 0.1) is 11.6 Å². The first kappa shape index (κ1) is 20.5. The quantitative estimate of drug-likeness (QED) is 0.683. The van der Waals surface area contributed by atoms with E-state index in [-0.39, 0.29) is 23.4 Å². The second kappa shape index (κ2) is 8.95. The van der Waals surface area contributed by atoms with Gasteiger partial charge in [-0.2, -0.15) is 0 Å². The Morgan fingerprint density at radius 1 is 0.677 bits per heavy atom. The molecule has 3 aromatic carbocycles. The Morgan fingerprint density at radius 3 is 1.81 bits per heavy atom. The zero-order valence-electron chi connectivity index (χ0n) is 16.7. The number of amides is 2. The maximum Gasteiger partial charge on any atom is 0.256 e. The lowest BCUT2D eigenvalue weighted by Crippen LogP contribution is -2.50. The highest BCUT2D eigenvalue weighted by atomic mass is 19.1. The summed E-state index contributed by atoms with van der Waals surface area (Å²) in [6.45, 7) is 1.60. The van der Waals surface area contributed by atoms with E-state index in [9.17, 15) is 18.4 Å². The van der Waals surface area contributed by atoms with Gasteiger partial charge in [0.25, 0.3) is 11.8 Å². The maximum absolute atomic E-state index is 13.2. The molecule has 158 valence electrons. The van der Waals surface area contributed by atoms with Gasteiger partial charge in [0.15, 0.2) is 0 Å². The summed E-state index contributed by atoms with van der Waals surface area (Å²) in [5.74, 6) is -1.03. The predicted octanol–water partition coefficient (Wildman–Crippen LogP) is 4.31. The third-order valence-corrected chi connectivity index (χ3v) is 5.23. The molecule has 7 heteroatoms. The molecule has 0 saturated carbocycles. The van der Waals surface area contributed by atoms with Crippen LogP contribution in [0.4, 0.5) is 20.2 Å². The second-order valence-electron chi connectivity index (χ2n) is 7.27. The van der Waals surface area contributed by atoms with Crippen LogP contribution >= 0.6 is 0 Å². The van der Waals surface area contributed by atoms with Crippen molar-refractivity contribution in [2.24, 2.45) is 0 Å². The van der Waals surface area contributed by atoms with E-state index in [4.69, 9.17) is 0 Å². The zero-order valence-corrected chi connectivity index (χ0v) is 16.7. The Labute approximate surface area is 178 Å². The summed E-state index contributed by atoms with van der Waals surface area (Å²) in [5, 5.41) is 3.16. The first-order chi connectivity index (χ1) is 15.0. The van der Waals surface area contributed by atoms with E-state index in [1.54, 1.807) is 40.1 Å². The molecule has 0 radical (unpaired) electrons. The van der Waals surface area contributed by atoms with Crippen molar-refractivity contribution in [1.82, 2.24) is 9.80 Å². The van der Waals surface area contributed by atoms with Gasteiger partial charge >= 0.3 is 0 Å². The van der Waals surface area contributed by atoms with E-state index in [1.807, 2.05) is 6.07 Å². The van der Waals surface area contributed by atoms with Crippen molar-refractivity contribution >= 4 is 23.2 Å². The summed E-state index contributed by atoms with van der Waals surface area (Å²) >= 11 is 0. The molecule has 5 nitrogen and oxygen atoms in total. The molecule has 4 rings (SSSR count). The average Bonchev–Trinajstić information content (AvgIpc) is 2.81. The molecule has 0 aliphatic carbocycles. The monoisotopic (exact) mass is 421 g/mol. The molecule has 1 N–H and O–H groups in total. The number of carbonyl (C=O) groups is 2. The number of rotatable bonds is 4. The molecule has 0 atom stereocenters. The van der Waals surface area contributed by atoms with Gasteiger partial charge in [-0.15, -0.1) is 0 Å². The first-order valence-corrected chi connectivity index (χ1v) is 9.97. The fraction of sp³-hybridized carbons (Fsp3) is 0.167. The van der Waals surface area contributed by atoms with E-state index >= 15 is 0 Å². The number of carbonyl (C=O) groups excluding carboxylic acids is 2. The fourth-order valence-electron chi connectivity index (χ4n) is 3.53. The Balaban J connectivity index is 1.42. The Kier molecular flexibility index (Phi) is 5.93. The smallest absolute Gasteiger partial charge is 0.256 e. The van der Waals surface area contributed by atoms with E-state index in [1.165, 1.54) is 36.4 Å². The van der Waals surface area contributed by atoms with Crippen LogP contribution in [0.25, 0.3) is 0 Å². The molecule has 3 aromatic rings. The molecule has 1 fully saturated rings. The lowest BCUT2D eigenvalue weighted by molar-refractivity contribution is 0.0536. The summed E-state index contributed by atoms with van der Waals surface area (Å²) in [4.78, 5) is 29.1. The van der Waals surface area contributed by atoms with Crippen LogP contribution in [-0.2, 0) is 0 Å². The van der Waals surface area contributed by atoms with Crippen LogP contribution in [0.3, 0.4) is 0 Å². The Hall–Kier alpha value is -3.74. The van der Waals surface area contributed by atoms with Crippen LogP contribution in [0.2, 0.25) is 0 Å². The Morgan fingerprint density at radius 2 is 1.19 bits per heavy atom. The number of nitrogens with one attached hydrogen (secondary N) is 1. The minimum atomic E-state index is -0.389. The van der Waals surface area contributed by atoms with Crippen molar-refractivity contribution in [2.75, 3.05) is 31.5 Å². The van der Waals surface area contributed by atoms with Crippen molar-refractivity contribution in [3.05, 3.63) is 95.6 Å². The Bertz CT molecular complexity index is 1080. The highest BCUT2D eigenvalue weighted by molar-refractivity contribution is 6.00. The van der Waals surface area contributed by atoms with Crippen LogP contribution in [0.15, 0.2) is 72.8 Å². The zero-order chi connectivity index (χ0) is 21.8. The minimum Gasteiger partial charge on any atom is -0.355 e. The molecule has 1 aliphatic heterocycles. The summed E-state index contributed by atoms with van der Waals surface area (Å²) in [5.41, 5.74) is 2.24. The molecule has 0 aromatic heterocycles. The maximum atomic E-state index is 13.2. The largest absolute Gasteiger partial charge is 0.355 e. The molecule has 0 bridgehead atoms. The minimum absolute atomic E-state index is 0.140. The molecule has 31 heavy (non-hydrogen) atoms. The van der Waals surface area contributed by atoms with Gasteiger partial charge in [0, 0.05) is 37.4 Å². The summed E-state index contributed by atoms with van der Waals surface area (Å²) in [6, 6.07) is 18.5. The van der Waals surface area contributed by atoms with Gasteiger partial charge in [-0.1, -0.05) is 12.1 Å². The molecule has 0 spiro atoms. The number of hydrogen-bond acceptors (Lipinski definition) is 3. The second-order valence-corrected chi connectivity index (χ2v) is 7.27. The summed E-state index contributed by atoms with van der Waals surface area (Å²) in [7, 11) is 0. The van der Waals surface area contributed by atoms with E-state index in [0.717, 1.165) is 0 Å². The first-order valence-electron chi connectivity index (χ1n) is 9.97. The van der Waals surface area contributed by atoms with Crippen molar-refractivity contribution in [1.29, 1.82) is 0 Å². The summed E-state index contributed by atoms with van der Waals surface area (Å²) in [6.07, 6.45) is 0. The number of para-hydroxylation sites is 1. The lowest BCUT2D eigenvalue weighted by atomic mass is 10.1.